The highest BCUT2D eigenvalue weighted by molar-refractivity contribution is 7.91. The Kier molecular flexibility index (Phi) is 5.71. The van der Waals surface area contributed by atoms with Crippen LogP contribution in [-0.4, -0.2) is 36.7 Å². The Morgan fingerprint density at radius 2 is 1.91 bits per heavy atom. The third kappa shape index (κ3) is 5.14. The lowest BCUT2D eigenvalue weighted by atomic mass is 9.98. The molecule has 1 aromatic rings. The molecule has 2 N–H and O–H groups in total. The van der Waals surface area contributed by atoms with Gasteiger partial charge in [0.05, 0.1) is 10.6 Å². The van der Waals surface area contributed by atoms with E-state index in [9.17, 15) is 18.0 Å². The van der Waals surface area contributed by atoms with Gasteiger partial charge in [-0.05, 0) is 38.5 Å². The fourth-order valence-electron chi connectivity index (χ4n) is 1.86. The molecule has 1 rings (SSSR count). The molecule has 0 spiro atoms. The first-order valence-electron chi connectivity index (χ1n) is 6.94. The van der Waals surface area contributed by atoms with Crippen LogP contribution >= 0.6 is 0 Å². The molecule has 0 atom stereocenters. The molecule has 7 heteroatoms. The summed E-state index contributed by atoms with van der Waals surface area (Å²) in [7, 11) is -3.38. The van der Waals surface area contributed by atoms with Crippen molar-refractivity contribution in [2.75, 3.05) is 5.75 Å². The Balaban J connectivity index is 2.91. The average molecular weight is 327 g/mol. The van der Waals surface area contributed by atoms with Crippen molar-refractivity contribution in [2.24, 2.45) is 0 Å². The van der Waals surface area contributed by atoms with Crippen molar-refractivity contribution < 1.29 is 23.1 Å². The molecule has 0 saturated carbocycles. The molecule has 22 heavy (non-hydrogen) atoms. The van der Waals surface area contributed by atoms with Gasteiger partial charge in [-0.1, -0.05) is 13.0 Å². The second kappa shape index (κ2) is 6.91. The van der Waals surface area contributed by atoms with E-state index in [4.69, 9.17) is 5.11 Å². The van der Waals surface area contributed by atoms with Crippen LogP contribution in [0.3, 0.4) is 0 Å². The molecule has 0 bridgehead atoms. The zero-order chi connectivity index (χ0) is 17.0. The maximum absolute atomic E-state index is 12.2. The van der Waals surface area contributed by atoms with Gasteiger partial charge in [0.1, 0.15) is 0 Å². The van der Waals surface area contributed by atoms with Crippen molar-refractivity contribution in [3.63, 3.8) is 0 Å². The fraction of sp³-hybridized carbons (Fsp3) is 0.467. The van der Waals surface area contributed by atoms with Crippen molar-refractivity contribution >= 4 is 21.7 Å². The molecule has 0 radical (unpaired) electrons. The minimum Gasteiger partial charge on any atom is -0.481 e. The van der Waals surface area contributed by atoms with E-state index in [2.05, 4.69) is 5.32 Å². The number of aliphatic carboxylic acids is 1. The van der Waals surface area contributed by atoms with Gasteiger partial charge in [-0.25, -0.2) is 8.42 Å². The third-order valence-corrected chi connectivity index (χ3v) is 4.98. The van der Waals surface area contributed by atoms with Crippen LogP contribution in [-0.2, 0) is 14.6 Å². The smallest absolute Gasteiger partial charge is 0.303 e. The average Bonchev–Trinajstić information content (AvgIpc) is 2.45. The van der Waals surface area contributed by atoms with Crippen LogP contribution in [0.5, 0.6) is 0 Å². The van der Waals surface area contributed by atoms with Crippen LogP contribution in [0.15, 0.2) is 29.2 Å². The van der Waals surface area contributed by atoms with Crippen LogP contribution in [0.1, 0.15) is 44.0 Å². The van der Waals surface area contributed by atoms with Gasteiger partial charge in [-0.15, -0.1) is 0 Å². The van der Waals surface area contributed by atoms with Gasteiger partial charge < -0.3 is 10.4 Å². The lowest BCUT2D eigenvalue weighted by Crippen LogP contribution is -2.43. The van der Waals surface area contributed by atoms with Gasteiger partial charge in [0.2, 0.25) is 0 Å². The van der Waals surface area contributed by atoms with Gasteiger partial charge in [-0.3, -0.25) is 9.59 Å². The molecule has 0 unspecified atom stereocenters. The van der Waals surface area contributed by atoms with E-state index < -0.39 is 27.3 Å². The summed E-state index contributed by atoms with van der Waals surface area (Å²) in [6.45, 7) is 4.98. The Labute approximate surface area is 130 Å². The predicted octanol–water partition coefficient (Wildman–Crippen LogP) is 1.85. The highest BCUT2D eigenvalue weighted by Gasteiger charge is 2.23. The van der Waals surface area contributed by atoms with E-state index in [1.807, 2.05) is 0 Å². The summed E-state index contributed by atoms with van der Waals surface area (Å²) in [6, 6.07) is 5.83. The van der Waals surface area contributed by atoms with Gasteiger partial charge >= 0.3 is 5.97 Å². The van der Waals surface area contributed by atoms with Gasteiger partial charge in [-0.2, -0.15) is 0 Å². The molecule has 6 nitrogen and oxygen atoms in total. The first kappa shape index (κ1) is 18.2. The molecule has 122 valence electrons. The number of carbonyl (C=O) groups is 2. The van der Waals surface area contributed by atoms with E-state index in [1.54, 1.807) is 13.8 Å². The molecule has 0 aromatic heterocycles. The normalized spacial score (nSPS) is 12.0. The minimum atomic E-state index is -3.38. The molecule has 0 aliphatic heterocycles. The Hall–Kier alpha value is -1.89. The van der Waals surface area contributed by atoms with Crippen LogP contribution in [0, 0.1) is 0 Å². The number of nitrogens with one attached hydrogen (secondary N) is 1. The number of carboxylic acid groups (broad SMARTS) is 1. The molecule has 0 aliphatic carbocycles. The van der Waals surface area contributed by atoms with Crippen molar-refractivity contribution in [1.29, 1.82) is 0 Å². The number of carboxylic acids is 1. The molecular formula is C15H21NO5S. The van der Waals surface area contributed by atoms with E-state index in [1.165, 1.54) is 31.2 Å². The SMILES string of the molecule is CCS(=O)(=O)c1cccc(C(=O)NC(C)(C)CCC(=O)O)c1. The van der Waals surface area contributed by atoms with E-state index >= 15 is 0 Å². The van der Waals surface area contributed by atoms with Crippen molar-refractivity contribution in [3.8, 4) is 0 Å². The van der Waals surface area contributed by atoms with Crippen molar-refractivity contribution in [2.45, 2.75) is 44.0 Å². The number of hydrogen-bond donors (Lipinski definition) is 2. The first-order chi connectivity index (χ1) is 10.1. The largest absolute Gasteiger partial charge is 0.481 e. The molecule has 0 fully saturated rings. The summed E-state index contributed by atoms with van der Waals surface area (Å²) in [6.07, 6.45) is 0.221. The maximum atomic E-state index is 12.2. The number of benzene rings is 1. The van der Waals surface area contributed by atoms with Gasteiger partial charge in [0.25, 0.3) is 5.91 Å². The highest BCUT2D eigenvalue weighted by atomic mass is 32.2. The van der Waals surface area contributed by atoms with Crippen LogP contribution in [0.25, 0.3) is 0 Å². The number of sulfone groups is 1. The van der Waals surface area contributed by atoms with Crippen molar-refractivity contribution in [3.05, 3.63) is 29.8 Å². The topological polar surface area (TPSA) is 101 Å². The monoisotopic (exact) mass is 327 g/mol. The van der Waals surface area contributed by atoms with Crippen molar-refractivity contribution in [1.82, 2.24) is 5.32 Å². The van der Waals surface area contributed by atoms with Crippen LogP contribution in [0.4, 0.5) is 0 Å². The quantitative estimate of drug-likeness (QED) is 0.796. The maximum Gasteiger partial charge on any atom is 0.303 e. The summed E-state index contributed by atoms with van der Waals surface area (Å²) in [5.41, 5.74) is -0.465. The van der Waals surface area contributed by atoms with E-state index in [0.717, 1.165) is 0 Å². The molecule has 1 aromatic carbocycles. The Morgan fingerprint density at radius 1 is 1.27 bits per heavy atom. The summed E-state index contributed by atoms with van der Waals surface area (Å²) in [4.78, 5) is 22.9. The fourth-order valence-corrected chi connectivity index (χ4v) is 2.78. The third-order valence-electron chi connectivity index (χ3n) is 3.25. The molecular weight excluding hydrogens is 306 g/mol. The van der Waals surface area contributed by atoms with Crippen LogP contribution < -0.4 is 5.32 Å². The summed E-state index contributed by atoms with van der Waals surface area (Å²) >= 11 is 0. The lowest BCUT2D eigenvalue weighted by Gasteiger charge is -2.25. The number of amides is 1. The molecule has 0 aliphatic rings. The Morgan fingerprint density at radius 3 is 2.45 bits per heavy atom. The number of hydrogen-bond acceptors (Lipinski definition) is 4. The predicted molar refractivity (Wildman–Crippen MR) is 82.6 cm³/mol. The molecule has 1 amide bonds. The van der Waals surface area contributed by atoms with Gasteiger partial charge in [0, 0.05) is 17.5 Å². The lowest BCUT2D eigenvalue weighted by molar-refractivity contribution is -0.137. The number of rotatable bonds is 7. The first-order valence-corrected chi connectivity index (χ1v) is 8.60. The van der Waals surface area contributed by atoms with E-state index in [0.29, 0.717) is 0 Å². The summed E-state index contributed by atoms with van der Waals surface area (Å²) in [5, 5.41) is 11.4. The zero-order valence-electron chi connectivity index (χ0n) is 12.9. The van der Waals surface area contributed by atoms with Gasteiger partial charge in [0.15, 0.2) is 9.84 Å². The molecule has 0 heterocycles. The molecule has 0 saturated heterocycles. The van der Waals surface area contributed by atoms with E-state index in [-0.39, 0.29) is 29.1 Å². The summed E-state index contributed by atoms with van der Waals surface area (Å²) < 4.78 is 23.7. The minimum absolute atomic E-state index is 0.0395. The summed E-state index contributed by atoms with van der Waals surface area (Å²) in [5.74, 6) is -1.40. The standard InChI is InChI=1S/C15H21NO5S/c1-4-22(20,21)12-7-5-6-11(10-12)14(19)16-15(2,3)9-8-13(17)18/h5-7,10H,4,8-9H2,1-3H3,(H,16,19)(H,17,18). The second-order valence-corrected chi connectivity index (χ2v) is 7.94. The second-order valence-electron chi connectivity index (χ2n) is 5.66. The number of carbonyl (C=O) groups excluding carboxylic acids is 1. The highest BCUT2D eigenvalue weighted by Crippen LogP contribution is 2.16. The zero-order valence-corrected chi connectivity index (χ0v) is 13.7. The van der Waals surface area contributed by atoms with Crippen LogP contribution in [0.2, 0.25) is 0 Å². The Bertz CT molecular complexity index is 664.